The Kier molecular flexibility index (Phi) is 3.49. The van der Waals surface area contributed by atoms with Gasteiger partial charge in [-0.05, 0) is 19.3 Å². The maximum Gasteiger partial charge on any atom is 0.241 e. The molecule has 0 aromatic carbocycles. The van der Waals surface area contributed by atoms with Crippen molar-refractivity contribution in [3.8, 4) is 5.95 Å². The van der Waals surface area contributed by atoms with Gasteiger partial charge in [-0.3, -0.25) is 4.57 Å². The lowest BCUT2D eigenvalue weighted by Crippen LogP contribution is -2.14. The van der Waals surface area contributed by atoms with Crippen LogP contribution < -0.4 is 10.6 Å². The number of rotatable bonds is 6. The summed E-state index contributed by atoms with van der Waals surface area (Å²) in [6.45, 7) is 5.00. The second-order valence-electron chi connectivity index (χ2n) is 4.94. The lowest BCUT2D eigenvalue weighted by Gasteiger charge is -2.09. The van der Waals surface area contributed by atoms with Gasteiger partial charge in [-0.25, -0.2) is 4.98 Å². The van der Waals surface area contributed by atoms with Crippen LogP contribution >= 0.6 is 0 Å². The number of hydrogen-bond donors (Lipinski definition) is 2. The van der Waals surface area contributed by atoms with Crippen molar-refractivity contribution in [1.29, 1.82) is 0 Å². The predicted octanol–water partition coefficient (Wildman–Crippen LogP) is 1.70. The summed E-state index contributed by atoms with van der Waals surface area (Å²) in [4.78, 5) is 17.3. The van der Waals surface area contributed by atoms with Crippen LogP contribution in [0.4, 0.5) is 11.9 Å². The SMILES string of the molecule is CCNc1nc(NC2CC2CC)nc(-n2ccnc2)n1. The summed E-state index contributed by atoms with van der Waals surface area (Å²) in [5.74, 6) is 2.53. The second-order valence-corrected chi connectivity index (χ2v) is 4.94. The number of nitrogens with zero attached hydrogens (tertiary/aromatic N) is 5. The van der Waals surface area contributed by atoms with Gasteiger partial charge in [0, 0.05) is 25.0 Å². The molecule has 1 fully saturated rings. The molecule has 2 aromatic rings. The molecule has 3 rings (SSSR count). The Morgan fingerprint density at radius 3 is 2.75 bits per heavy atom. The van der Waals surface area contributed by atoms with Gasteiger partial charge in [-0.1, -0.05) is 13.3 Å². The Labute approximate surface area is 117 Å². The Bertz CT molecular complexity index is 566. The van der Waals surface area contributed by atoms with Gasteiger partial charge in [0.25, 0.3) is 0 Å². The van der Waals surface area contributed by atoms with E-state index in [4.69, 9.17) is 0 Å². The molecule has 0 amide bonds. The molecular formula is C13H19N7. The molecule has 20 heavy (non-hydrogen) atoms. The zero-order chi connectivity index (χ0) is 13.9. The molecule has 7 nitrogen and oxygen atoms in total. The van der Waals surface area contributed by atoms with E-state index < -0.39 is 0 Å². The molecule has 1 aliphatic rings. The minimum atomic E-state index is 0.493. The van der Waals surface area contributed by atoms with Crippen LogP contribution in [0.3, 0.4) is 0 Å². The van der Waals surface area contributed by atoms with Crippen molar-refractivity contribution >= 4 is 11.9 Å². The van der Waals surface area contributed by atoms with E-state index in [1.165, 1.54) is 12.8 Å². The summed E-state index contributed by atoms with van der Waals surface area (Å²) < 4.78 is 1.78. The largest absolute Gasteiger partial charge is 0.354 e. The number of anilines is 2. The van der Waals surface area contributed by atoms with Crippen molar-refractivity contribution < 1.29 is 0 Å². The highest BCUT2D eigenvalue weighted by atomic mass is 15.3. The summed E-state index contributed by atoms with van der Waals surface area (Å²) in [5.41, 5.74) is 0. The molecule has 0 bridgehead atoms. The third-order valence-electron chi connectivity index (χ3n) is 3.46. The standard InChI is InChI=1S/C13H19N7/c1-3-9-7-10(9)16-12-17-11(15-4-2)18-13(19-12)20-6-5-14-8-20/h5-6,8-10H,3-4,7H2,1-2H3,(H2,15,16,17,18,19). The van der Waals surface area contributed by atoms with E-state index >= 15 is 0 Å². The maximum absolute atomic E-state index is 4.46. The Morgan fingerprint density at radius 1 is 1.25 bits per heavy atom. The van der Waals surface area contributed by atoms with Gasteiger partial charge in [-0.15, -0.1) is 0 Å². The quantitative estimate of drug-likeness (QED) is 0.834. The molecular weight excluding hydrogens is 254 g/mol. The van der Waals surface area contributed by atoms with Crippen molar-refractivity contribution in [1.82, 2.24) is 24.5 Å². The molecule has 106 valence electrons. The van der Waals surface area contributed by atoms with E-state index in [0.29, 0.717) is 23.9 Å². The lowest BCUT2D eigenvalue weighted by molar-refractivity contribution is 0.769. The third-order valence-corrected chi connectivity index (χ3v) is 3.46. The molecule has 1 aliphatic carbocycles. The first-order valence-electron chi connectivity index (χ1n) is 7.05. The van der Waals surface area contributed by atoms with Crippen LogP contribution in [0.15, 0.2) is 18.7 Å². The zero-order valence-electron chi connectivity index (χ0n) is 11.7. The molecule has 2 unspecified atom stereocenters. The highest BCUT2D eigenvalue weighted by Crippen LogP contribution is 2.35. The normalized spacial score (nSPS) is 20.7. The van der Waals surface area contributed by atoms with E-state index in [1.807, 2.05) is 13.1 Å². The molecule has 0 saturated heterocycles. The number of nitrogens with one attached hydrogen (secondary N) is 2. The molecule has 2 atom stereocenters. The first-order valence-corrected chi connectivity index (χ1v) is 7.05. The fourth-order valence-corrected chi connectivity index (χ4v) is 2.20. The van der Waals surface area contributed by atoms with E-state index in [1.54, 1.807) is 17.1 Å². The highest BCUT2D eigenvalue weighted by molar-refractivity contribution is 5.39. The summed E-state index contributed by atoms with van der Waals surface area (Å²) >= 11 is 0. The van der Waals surface area contributed by atoms with E-state index in [9.17, 15) is 0 Å². The van der Waals surface area contributed by atoms with Gasteiger partial charge >= 0.3 is 0 Å². The molecule has 0 aliphatic heterocycles. The van der Waals surface area contributed by atoms with Gasteiger partial charge < -0.3 is 10.6 Å². The minimum absolute atomic E-state index is 0.493. The zero-order valence-corrected chi connectivity index (χ0v) is 11.7. The fourth-order valence-electron chi connectivity index (χ4n) is 2.20. The summed E-state index contributed by atoms with van der Waals surface area (Å²) in [5, 5.41) is 6.52. The van der Waals surface area contributed by atoms with Crippen molar-refractivity contribution in [2.75, 3.05) is 17.2 Å². The first-order chi connectivity index (χ1) is 9.80. The van der Waals surface area contributed by atoms with Crippen LogP contribution in [0.1, 0.15) is 26.7 Å². The van der Waals surface area contributed by atoms with Crippen LogP contribution in [0.25, 0.3) is 5.95 Å². The van der Waals surface area contributed by atoms with Crippen LogP contribution in [0.2, 0.25) is 0 Å². The molecule has 0 radical (unpaired) electrons. The summed E-state index contributed by atoms with van der Waals surface area (Å²) in [6, 6.07) is 0.493. The van der Waals surface area contributed by atoms with Crippen LogP contribution in [0.5, 0.6) is 0 Å². The molecule has 2 N–H and O–H groups in total. The van der Waals surface area contributed by atoms with Crippen molar-refractivity contribution in [3.05, 3.63) is 18.7 Å². The third kappa shape index (κ3) is 2.71. The number of imidazole rings is 1. The maximum atomic E-state index is 4.46. The van der Waals surface area contributed by atoms with Crippen LogP contribution in [-0.2, 0) is 0 Å². The monoisotopic (exact) mass is 273 g/mol. The minimum Gasteiger partial charge on any atom is -0.354 e. The predicted molar refractivity (Wildman–Crippen MR) is 76.9 cm³/mol. The van der Waals surface area contributed by atoms with Crippen molar-refractivity contribution in [2.24, 2.45) is 5.92 Å². The van der Waals surface area contributed by atoms with Gasteiger partial charge in [0.05, 0.1) is 0 Å². The average Bonchev–Trinajstić information content (AvgIpc) is 2.98. The van der Waals surface area contributed by atoms with Gasteiger partial charge in [0.15, 0.2) is 0 Å². The van der Waals surface area contributed by atoms with Crippen LogP contribution in [0, 0.1) is 5.92 Å². The van der Waals surface area contributed by atoms with E-state index in [2.05, 4.69) is 37.5 Å². The van der Waals surface area contributed by atoms with Crippen molar-refractivity contribution in [2.45, 2.75) is 32.7 Å². The Balaban J connectivity index is 1.85. The fraction of sp³-hybridized carbons (Fsp3) is 0.538. The molecule has 2 heterocycles. The van der Waals surface area contributed by atoms with E-state index in [-0.39, 0.29) is 0 Å². The molecule has 2 aromatic heterocycles. The second kappa shape index (κ2) is 5.44. The summed E-state index contributed by atoms with van der Waals surface area (Å²) in [7, 11) is 0. The summed E-state index contributed by atoms with van der Waals surface area (Å²) in [6.07, 6.45) is 7.59. The lowest BCUT2D eigenvalue weighted by atomic mass is 10.3. The van der Waals surface area contributed by atoms with Gasteiger partial charge in [0.2, 0.25) is 17.8 Å². The Morgan fingerprint density at radius 2 is 2.10 bits per heavy atom. The van der Waals surface area contributed by atoms with Gasteiger partial charge in [-0.2, -0.15) is 15.0 Å². The van der Waals surface area contributed by atoms with E-state index in [0.717, 1.165) is 12.5 Å². The first kappa shape index (κ1) is 12.8. The number of hydrogen-bond acceptors (Lipinski definition) is 6. The van der Waals surface area contributed by atoms with Crippen molar-refractivity contribution in [3.63, 3.8) is 0 Å². The average molecular weight is 273 g/mol. The topological polar surface area (TPSA) is 80.5 Å². The van der Waals surface area contributed by atoms with Crippen LogP contribution in [-0.4, -0.2) is 37.1 Å². The smallest absolute Gasteiger partial charge is 0.241 e. The molecule has 7 heteroatoms. The molecule has 0 spiro atoms. The Hall–Kier alpha value is -2.18. The molecule has 1 saturated carbocycles. The number of aromatic nitrogens is 5. The highest BCUT2D eigenvalue weighted by Gasteiger charge is 2.35. The van der Waals surface area contributed by atoms with Gasteiger partial charge in [0.1, 0.15) is 6.33 Å².